The van der Waals surface area contributed by atoms with Crippen molar-refractivity contribution >= 4 is 27.3 Å². The lowest BCUT2D eigenvalue weighted by molar-refractivity contribution is -0.384. The van der Waals surface area contributed by atoms with Crippen molar-refractivity contribution in [3.8, 4) is 11.5 Å². The van der Waals surface area contributed by atoms with Crippen molar-refractivity contribution in [2.24, 2.45) is 5.84 Å². The molecule has 0 unspecified atom stereocenters. The van der Waals surface area contributed by atoms with Crippen LogP contribution < -0.4 is 16.0 Å². The fourth-order valence-electron chi connectivity index (χ4n) is 1.51. The van der Waals surface area contributed by atoms with E-state index < -0.39 is 10.7 Å². The summed E-state index contributed by atoms with van der Waals surface area (Å²) in [7, 11) is 0. The van der Waals surface area contributed by atoms with Crippen LogP contribution in [0, 0.1) is 15.9 Å². The van der Waals surface area contributed by atoms with Crippen molar-refractivity contribution in [1.29, 1.82) is 0 Å². The van der Waals surface area contributed by atoms with Crippen LogP contribution in [0.1, 0.15) is 0 Å². The molecule has 0 atom stereocenters. The Morgan fingerprint density at radius 1 is 1.30 bits per heavy atom. The molecule has 0 saturated carbocycles. The second-order valence-electron chi connectivity index (χ2n) is 3.79. The molecule has 0 aliphatic heterocycles. The van der Waals surface area contributed by atoms with Gasteiger partial charge in [-0.1, -0.05) is 15.9 Å². The van der Waals surface area contributed by atoms with Crippen LogP contribution in [-0.2, 0) is 0 Å². The minimum atomic E-state index is -0.592. The highest BCUT2D eigenvalue weighted by atomic mass is 79.9. The maximum atomic E-state index is 13.6. The van der Waals surface area contributed by atoms with Gasteiger partial charge in [-0.3, -0.25) is 16.0 Å². The Kier molecular flexibility index (Phi) is 4.16. The number of non-ortho nitro benzene ring substituents is 1. The molecule has 104 valence electrons. The van der Waals surface area contributed by atoms with Gasteiger partial charge in [-0.05, 0) is 18.2 Å². The van der Waals surface area contributed by atoms with Crippen LogP contribution in [0.25, 0.3) is 0 Å². The molecule has 0 bridgehead atoms. The van der Waals surface area contributed by atoms with E-state index in [0.29, 0.717) is 4.47 Å². The second-order valence-corrected chi connectivity index (χ2v) is 4.71. The number of halogens is 2. The SMILES string of the molecule is NNc1cc(Oc2cc(Br)ccc2F)cc([N+](=O)[O-])c1. The zero-order valence-electron chi connectivity index (χ0n) is 9.97. The highest BCUT2D eigenvalue weighted by Gasteiger charge is 2.12. The first-order chi connectivity index (χ1) is 9.49. The van der Waals surface area contributed by atoms with Crippen molar-refractivity contribution in [1.82, 2.24) is 0 Å². The van der Waals surface area contributed by atoms with E-state index in [-0.39, 0.29) is 22.9 Å². The van der Waals surface area contributed by atoms with Gasteiger partial charge < -0.3 is 10.2 Å². The van der Waals surface area contributed by atoms with Crippen LogP contribution in [0.15, 0.2) is 40.9 Å². The number of nitro benzene ring substituents is 1. The van der Waals surface area contributed by atoms with Gasteiger partial charge in [-0.2, -0.15) is 0 Å². The minimum Gasteiger partial charge on any atom is -0.454 e. The molecule has 2 aromatic rings. The Bertz CT molecular complexity index is 666. The zero-order chi connectivity index (χ0) is 14.7. The number of nitro groups is 1. The van der Waals surface area contributed by atoms with Crippen molar-refractivity contribution in [2.45, 2.75) is 0 Å². The van der Waals surface area contributed by atoms with E-state index in [1.165, 1.54) is 36.4 Å². The normalized spacial score (nSPS) is 10.2. The number of nitrogen functional groups attached to an aromatic ring is 1. The largest absolute Gasteiger partial charge is 0.454 e. The predicted molar refractivity (Wildman–Crippen MR) is 75.1 cm³/mol. The molecule has 3 N–H and O–H groups in total. The average molecular weight is 342 g/mol. The van der Waals surface area contributed by atoms with Crippen molar-refractivity contribution in [3.05, 3.63) is 56.8 Å². The van der Waals surface area contributed by atoms with E-state index in [9.17, 15) is 14.5 Å². The van der Waals surface area contributed by atoms with Gasteiger partial charge in [0.05, 0.1) is 16.7 Å². The monoisotopic (exact) mass is 341 g/mol. The number of hydrazine groups is 1. The molecule has 0 amide bonds. The fourth-order valence-corrected chi connectivity index (χ4v) is 1.85. The molecule has 8 heteroatoms. The van der Waals surface area contributed by atoms with Crippen molar-refractivity contribution in [3.63, 3.8) is 0 Å². The Morgan fingerprint density at radius 2 is 2.05 bits per heavy atom. The van der Waals surface area contributed by atoms with Crippen LogP contribution in [0.2, 0.25) is 0 Å². The summed E-state index contributed by atoms with van der Waals surface area (Å²) < 4.78 is 19.5. The van der Waals surface area contributed by atoms with Gasteiger partial charge in [0.1, 0.15) is 5.75 Å². The van der Waals surface area contributed by atoms with Crippen molar-refractivity contribution < 1.29 is 14.1 Å². The Labute approximate surface area is 121 Å². The van der Waals surface area contributed by atoms with Crippen LogP contribution in [0.4, 0.5) is 15.8 Å². The van der Waals surface area contributed by atoms with E-state index in [0.717, 1.165) is 0 Å². The maximum absolute atomic E-state index is 13.6. The molecular weight excluding hydrogens is 333 g/mol. The van der Waals surface area contributed by atoms with E-state index in [4.69, 9.17) is 10.6 Å². The number of nitrogens with two attached hydrogens (primary N) is 1. The van der Waals surface area contributed by atoms with E-state index in [1.54, 1.807) is 0 Å². The molecule has 0 saturated heterocycles. The molecule has 0 fully saturated rings. The lowest BCUT2D eigenvalue weighted by Gasteiger charge is -2.09. The molecule has 0 heterocycles. The van der Waals surface area contributed by atoms with Gasteiger partial charge >= 0.3 is 0 Å². The number of hydrogen-bond acceptors (Lipinski definition) is 5. The van der Waals surface area contributed by atoms with Crippen LogP contribution >= 0.6 is 15.9 Å². The Hall–Kier alpha value is -2.19. The molecule has 2 rings (SSSR count). The summed E-state index contributed by atoms with van der Waals surface area (Å²) in [6, 6.07) is 8.00. The van der Waals surface area contributed by atoms with Crippen molar-refractivity contribution in [2.75, 3.05) is 5.43 Å². The molecule has 2 aromatic carbocycles. The molecule has 20 heavy (non-hydrogen) atoms. The topological polar surface area (TPSA) is 90.4 Å². The number of anilines is 1. The van der Waals surface area contributed by atoms with Gasteiger partial charge in [0.15, 0.2) is 11.6 Å². The lowest BCUT2D eigenvalue weighted by atomic mass is 10.2. The maximum Gasteiger partial charge on any atom is 0.275 e. The van der Waals surface area contributed by atoms with Gasteiger partial charge in [-0.25, -0.2) is 4.39 Å². The summed E-state index contributed by atoms with van der Waals surface area (Å²) in [5.74, 6) is 4.69. The molecule has 0 aromatic heterocycles. The first-order valence-electron chi connectivity index (χ1n) is 5.38. The summed E-state index contributed by atoms with van der Waals surface area (Å²) in [5, 5.41) is 10.8. The zero-order valence-corrected chi connectivity index (χ0v) is 11.6. The quantitative estimate of drug-likeness (QED) is 0.504. The lowest BCUT2D eigenvalue weighted by Crippen LogP contribution is -2.07. The molecule has 0 aliphatic rings. The highest BCUT2D eigenvalue weighted by molar-refractivity contribution is 9.10. The molecular formula is C12H9BrFN3O3. The summed E-state index contributed by atoms with van der Waals surface area (Å²) in [5.41, 5.74) is 2.35. The predicted octanol–water partition coefficient (Wildman–Crippen LogP) is 3.57. The summed E-state index contributed by atoms with van der Waals surface area (Å²) >= 11 is 3.19. The number of nitrogens with zero attached hydrogens (tertiary/aromatic N) is 1. The molecule has 0 spiro atoms. The van der Waals surface area contributed by atoms with Gasteiger partial charge in [0.2, 0.25) is 0 Å². The molecule has 0 aliphatic carbocycles. The number of nitrogens with one attached hydrogen (secondary N) is 1. The first-order valence-corrected chi connectivity index (χ1v) is 6.18. The number of rotatable bonds is 4. The van der Waals surface area contributed by atoms with Gasteiger partial charge in [-0.15, -0.1) is 0 Å². The van der Waals surface area contributed by atoms with E-state index >= 15 is 0 Å². The molecule has 6 nitrogen and oxygen atoms in total. The van der Waals surface area contributed by atoms with Crippen LogP contribution in [0.3, 0.4) is 0 Å². The Morgan fingerprint density at radius 3 is 2.70 bits per heavy atom. The fraction of sp³-hybridized carbons (Fsp3) is 0. The summed E-state index contributed by atoms with van der Waals surface area (Å²) in [6.07, 6.45) is 0. The highest BCUT2D eigenvalue weighted by Crippen LogP contribution is 2.31. The van der Waals surface area contributed by atoms with E-state index in [1.807, 2.05) is 0 Å². The smallest absolute Gasteiger partial charge is 0.275 e. The van der Waals surface area contributed by atoms with Gasteiger partial charge in [0.25, 0.3) is 5.69 Å². The minimum absolute atomic E-state index is 0.0529. The van der Waals surface area contributed by atoms with Crippen LogP contribution in [-0.4, -0.2) is 4.92 Å². The number of benzene rings is 2. The third-order valence-electron chi connectivity index (χ3n) is 2.39. The molecule has 0 radical (unpaired) electrons. The first kappa shape index (κ1) is 14.2. The third kappa shape index (κ3) is 3.22. The summed E-state index contributed by atoms with van der Waals surface area (Å²) in [4.78, 5) is 10.2. The average Bonchev–Trinajstić information content (AvgIpc) is 2.42. The van der Waals surface area contributed by atoms with Gasteiger partial charge in [0, 0.05) is 16.6 Å². The summed E-state index contributed by atoms with van der Waals surface area (Å²) in [6.45, 7) is 0. The second kappa shape index (κ2) is 5.85. The standard InChI is InChI=1S/C12H9BrFN3O3/c13-7-1-2-11(14)12(3-7)20-10-5-8(16-15)4-9(6-10)17(18)19/h1-6,16H,15H2. The number of hydrogen-bond donors (Lipinski definition) is 2. The third-order valence-corrected chi connectivity index (χ3v) is 2.88. The number of ether oxygens (including phenoxy) is 1. The van der Waals surface area contributed by atoms with Crippen LogP contribution in [0.5, 0.6) is 11.5 Å². The van der Waals surface area contributed by atoms with E-state index in [2.05, 4.69) is 21.4 Å². The Balaban J connectivity index is 2.39.